The molecule has 3 amide bonds. The highest BCUT2D eigenvalue weighted by Crippen LogP contribution is 2.02. The van der Waals surface area contributed by atoms with Crippen LogP contribution in [0.15, 0.2) is 72.8 Å². The van der Waals surface area contributed by atoms with Gasteiger partial charge in [0.2, 0.25) is 17.1 Å². The molecule has 2 N–H and O–H groups in total. The highest BCUT2D eigenvalue weighted by atomic mass is 35.5. The van der Waals surface area contributed by atoms with Gasteiger partial charge in [-0.05, 0) is 34.9 Å². The fourth-order valence-corrected chi connectivity index (χ4v) is 1.79. The average molecular weight is 445 g/mol. The molecule has 0 aliphatic heterocycles. The summed E-state index contributed by atoms with van der Waals surface area (Å²) in [6, 6.07) is 19.0. The second-order valence-electron chi connectivity index (χ2n) is 5.82. The predicted octanol–water partition coefficient (Wildman–Crippen LogP) is 4.30. The third kappa shape index (κ3) is 17.1. The van der Waals surface area contributed by atoms with Gasteiger partial charge in [0.15, 0.2) is 0 Å². The molecule has 0 unspecified atom stereocenters. The normalized spacial score (nSPS) is 9.42. The number of primary amides is 1. The average Bonchev–Trinajstić information content (AvgIpc) is 2.71. The van der Waals surface area contributed by atoms with Gasteiger partial charge >= 0.3 is 0 Å². The zero-order chi connectivity index (χ0) is 22.9. The number of likely N-dealkylation sites (N-methyl/N-ethyl adjacent to an activating group) is 1. The van der Waals surface area contributed by atoms with Gasteiger partial charge in [-0.25, -0.2) is 0 Å². The van der Waals surface area contributed by atoms with Crippen molar-refractivity contribution < 1.29 is 19.2 Å². The molecule has 0 heterocycles. The minimum atomic E-state index is -0.450. The summed E-state index contributed by atoms with van der Waals surface area (Å²) >= 11 is 5.10. The molecule has 0 fully saturated rings. The Balaban J connectivity index is 0. The molecule has 2 aromatic rings. The van der Waals surface area contributed by atoms with Crippen molar-refractivity contribution in [2.45, 2.75) is 21.3 Å². The van der Waals surface area contributed by atoms with Crippen molar-refractivity contribution in [2.75, 3.05) is 7.05 Å². The summed E-state index contributed by atoms with van der Waals surface area (Å²) in [6.07, 6.45) is 6.07. The van der Waals surface area contributed by atoms with E-state index >= 15 is 0 Å². The fourth-order valence-electron chi connectivity index (χ4n) is 1.72. The SMILES string of the molecule is C.CC(=O)N(C)C(=O)/C=C/c1ccccc1.CC(N)=O.O=C(Cl)/C=C/c1ccccc1. The van der Waals surface area contributed by atoms with Gasteiger partial charge in [-0.15, -0.1) is 0 Å². The second-order valence-corrected chi connectivity index (χ2v) is 6.19. The van der Waals surface area contributed by atoms with Gasteiger partial charge in [-0.3, -0.25) is 24.1 Å². The van der Waals surface area contributed by atoms with Crippen molar-refractivity contribution in [1.82, 2.24) is 4.90 Å². The van der Waals surface area contributed by atoms with Gasteiger partial charge in [0, 0.05) is 27.0 Å². The van der Waals surface area contributed by atoms with E-state index in [9.17, 15) is 19.2 Å². The lowest BCUT2D eigenvalue weighted by molar-refractivity contribution is -0.138. The van der Waals surface area contributed by atoms with E-state index in [2.05, 4.69) is 5.73 Å². The second kappa shape index (κ2) is 17.4. The zero-order valence-corrected chi connectivity index (χ0v) is 17.9. The lowest BCUT2D eigenvalue weighted by atomic mass is 10.2. The number of nitrogens with zero attached hydrogens (tertiary/aromatic N) is 1. The first-order valence-corrected chi connectivity index (χ1v) is 9.21. The van der Waals surface area contributed by atoms with Crippen LogP contribution in [-0.4, -0.2) is 34.9 Å². The van der Waals surface area contributed by atoms with Crippen molar-refractivity contribution in [1.29, 1.82) is 0 Å². The Morgan fingerprint density at radius 3 is 1.48 bits per heavy atom. The fraction of sp³-hybridized carbons (Fsp3) is 0.167. The van der Waals surface area contributed by atoms with Crippen molar-refractivity contribution in [3.05, 3.63) is 83.9 Å². The number of allylic oxidation sites excluding steroid dienone is 1. The quantitative estimate of drug-likeness (QED) is 0.561. The number of nitrogens with two attached hydrogens (primary N) is 1. The molecule has 0 atom stereocenters. The van der Waals surface area contributed by atoms with E-state index in [1.807, 2.05) is 60.7 Å². The number of carbonyl (C=O) groups excluding carboxylic acids is 4. The maximum absolute atomic E-state index is 11.4. The number of halogens is 1. The first-order valence-electron chi connectivity index (χ1n) is 8.83. The number of carbonyl (C=O) groups is 4. The molecule has 0 aromatic heterocycles. The molecular weight excluding hydrogens is 416 g/mol. The number of rotatable bonds is 4. The number of amides is 3. The van der Waals surface area contributed by atoms with Crippen LogP contribution in [0.4, 0.5) is 0 Å². The summed E-state index contributed by atoms with van der Waals surface area (Å²) in [5.74, 6) is -0.913. The van der Waals surface area contributed by atoms with Gasteiger partial charge < -0.3 is 5.73 Å². The molecule has 2 aromatic carbocycles. The molecule has 0 aliphatic rings. The van der Waals surface area contributed by atoms with Gasteiger partial charge in [0.1, 0.15) is 0 Å². The monoisotopic (exact) mass is 444 g/mol. The minimum Gasteiger partial charge on any atom is -0.370 e. The van der Waals surface area contributed by atoms with Crippen LogP contribution >= 0.6 is 11.6 Å². The number of imide groups is 1. The molecule has 0 spiro atoms. The first kappa shape index (κ1) is 29.7. The Labute approximate surface area is 189 Å². The van der Waals surface area contributed by atoms with Crippen LogP contribution in [-0.2, 0) is 19.2 Å². The van der Waals surface area contributed by atoms with Crippen LogP contribution < -0.4 is 5.73 Å². The summed E-state index contributed by atoms with van der Waals surface area (Å²) in [5, 5.41) is -0.450. The van der Waals surface area contributed by atoms with Gasteiger partial charge in [0.05, 0.1) is 0 Å². The largest absolute Gasteiger partial charge is 0.370 e. The number of hydrogen-bond acceptors (Lipinski definition) is 4. The van der Waals surface area contributed by atoms with Crippen LogP contribution in [0.1, 0.15) is 32.4 Å². The van der Waals surface area contributed by atoms with Gasteiger partial charge in [0.25, 0.3) is 5.91 Å². The third-order valence-electron chi connectivity index (χ3n) is 3.23. The Hall–Kier alpha value is -3.51. The van der Waals surface area contributed by atoms with Gasteiger partial charge in [-0.1, -0.05) is 74.2 Å². The molecule has 6 nitrogen and oxygen atoms in total. The lowest BCUT2D eigenvalue weighted by Gasteiger charge is -2.08. The van der Waals surface area contributed by atoms with E-state index in [-0.39, 0.29) is 25.1 Å². The summed E-state index contributed by atoms with van der Waals surface area (Å²) < 4.78 is 0. The summed E-state index contributed by atoms with van der Waals surface area (Å²) in [5.41, 5.74) is 6.38. The lowest BCUT2D eigenvalue weighted by Crippen LogP contribution is -2.29. The molecule has 0 aliphatic carbocycles. The zero-order valence-electron chi connectivity index (χ0n) is 17.1. The molecule has 2 rings (SSSR count). The molecule has 166 valence electrons. The Kier molecular flexibility index (Phi) is 16.6. The molecule has 0 saturated carbocycles. The first-order chi connectivity index (χ1) is 14.1. The van der Waals surface area contributed by atoms with Crippen molar-refractivity contribution in [3.63, 3.8) is 0 Å². The van der Waals surface area contributed by atoms with E-state index in [1.54, 1.807) is 12.2 Å². The number of benzene rings is 2. The van der Waals surface area contributed by atoms with Crippen molar-refractivity contribution in [2.24, 2.45) is 5.73 Å². The smallest absolute Gasteiger partial charge is 0.252 e. The standard InChI is InChI=1S/C12H13NO2.C9H7ClO.C2H5NO.CH4/c1-10(14)13(2)12(15)9-8-11-6-4-3-5-7-11;10-9(11)7-6-8-4-2-1-3-5-8;1-2(3)4;/h3-9H,1-2H3;1-7H;1H3,(H2,3,4);1H4/b9-8+;7-6+;;. The molecule has 31 heavy (non-hydrogen) atoms. The Morgan fingerprint density at radius 1 is 0.806 bits per heavy atom. The highest BCUT2D eigenvalue weighted by molar-refractivity contribution is 6.66. The maximum atomic E-state index is 11.4. The maximum Gasteiger partial charge on any atom is 0.252 e. The van der Waals surface area contributed by atoms with Crippen LogP contribution in [0.25, 0.3) is 12.2 Å². The van der Waals surface area contributed by atoms with E-state index in [0.717, 1.165) is 16.0 Å². The molecule has 0 radical (unpaired) electrons. The third-order valence-corrected chi connectivity index (χ3v) is 3.35. The molecule has 0 saturated heterocycles. The molecular formula is C24H29ClN2O4. The highest BCUT2D eigenvalue weighted by Gasteiger charge is 2.07. The predicted molar refractivity (Wildman–Crippen MR) is 127 cm³/mol. The molecule has 0 bridgehead atoms. The van der Waals surface area contributed by atoms with E-state index in [1.165, 1.54) is 33.0 Å². The van der Waals surface area contributed by atoms with Gasteiger partial charge in [-0.2, -0.15) is 0 Å². The van der Waals surface area contributed by atoms with Crippen LogP contribution in [0, 0.1) is 0 Å². The van der Waals surface area contributed by atoms with Crippen LogP contribution in [0.5, 0.6) is 0 Å². The van der Waals surface area contributed by atoms with Crippen LogP contribution in [0.2, 0.25) is 0 Å². The summed E-state index contributed by atoms with van der Waals surface area (Å²) in [4.78, 5) is 42.8. The Morgan fingerprint density at radius 2 is 1.16 bits per heavy atom. The Bertz CT molecular complexity index is 875. The summed E-state index contributed by atoms with van der Waals surface area (Å²) in [6.45, 7) is 2.66. The van der Waals surface area contributed by atoms with E-state index in [0.29, 0.717) is 0 Å². The van der Waals surface area contributed by atoms with Crippen molar-refractivity contribution >= 4 is 46.7 Å². The van der Waals surface area contributed by atoms with Crippen LogP contribution in [0.3, 0.4) is 0 Å². The topological polar surface area (TPSA) is 97.5 Å². The van der Waals surface area contributed by atoms with Crippen molar-refractivity contribution in [3.8, 4) is 0 Å². The minimum absolute atomic E-state index is 0. The summed E-state index contributed by atoms with van der Waals surface area (Å²) in [7, 11) is 1.46. The molecule has 7 heteroatoms. The number of hydrogen-bond donors (Lipinski definition) is 1. The van der Waals surface area contributed by atoms with E-state index < -0.39 is 5.24 Å². The van der Waals surface area contributed by atoms with E-state index in [4.69, 9.17) is 11.6 Å².